The lowest BCUT2D eigenvalue weighted by Gasteiger charge is -2.06. The molecule has 0 atom stereocenters. The van der Waals surface area contributed by atoms with Gasteiger partial charge in [0.25, 0.3) is 0 Å². The molecule has 5 nitrogen and oxygen atoms in total. The fourth-order valence-electron chi connectivity index (χ4n) is 2.29. The van der Waals surface area contributed by atoms with Crippen molar-refractivity contribution in [2.75, 3.05) is 7.05 Å². The van der Waals surface area contributed by atoms with E-state index in [-0.39, 0.29) is 0 Å². The van der Waals surface area contributed by atoms with Gasteiger partial charge in [0.15, 0.2) is 0 Å². The van der Waals surface area contributed by atoms with Crippen LogP contribution in [0.2, 0.25) is 0 Å². The summed E-state index contributed by atoms with van der Waals surface area (Å²) >= 11 is 0. The Morgan fingerprint density at radius 3 is 2.65 bits per heavy atom. The van der Waals surface area contributed by atoms with Crippen molar-refractivity contribution in [3.05, 3.63) is 72.8 Å². The van der Waals surface area contributed by atoms with Gasteiger partial charge in [-0.15, -0.1) is 0 Å². The van der Waals surface area contributed by atoms with Gasteiger partial charge in [-0.2, -0.15) is 0 Å². The number of benzene rings is 1. The molecule has 3 aromatic rings. The smallest absolute Gasteiger partial charge is 0.211 e. The van der Waals surface area contributed by atoms with E-state index < -0.39 is 0 Å². The lowest BCUT2D eigenvalue weighted by atomic mass is 10.0. The molecule has 0 aliphatic rings. The number of nitrogens with zero attached hydrogens (tertiary/aromatic N) is 2. The predicted molar refractivity (Wildman–Crippen MR) is 92.8 cm³/mol. The number of carbonyl (C=O) groups excluding carboxylic acids is 1. The molecule has 118 valence electrons. The zero-order valence-corrected chi connectivity index (χ0v) is 13.1. The number of allylic oxidation sites excluding steroid dienone is 1. The van der Waals surface area contributed by atoms with Crippen LogP contribution in [0.1, 0.15) is 5.56 Å². The quantitative estimate of drug-likeness (QED) is 0.711. The summed E-state index contributed by atoms with van der Waals surface area (Å²) in [5, 5.41) is 2.57. The summed E-state index contributed by atoms with van der Waals surface area (Å²) < 4.78 is 1.98. The largest absolute Gasteiger partial charge is 0.333 e. The Labute approximate surface area is 135 Å². The fraction of sp³-hybridized carbons (Fsp3) is 0.111. The van der Waals surface area contributed by atoms with E-state index >= 15 is 0 Å². The van der Waals surface area contributed by atoms with Gasteiger partial charge in [-0.05, 0) is 35.9 Å². The number of fused-ring (bicyclic) bond motifs is 1. The van der Waals surface area contributed by atoms with Crippen LogP contribution in [0, 0.1) is 0 Å². The zero-order chi connectivity index (χ0) is 16.7. The van der Waals surface area contributed by atoms with E-state index in [2.05, 4.69) is 46.9 Å². The van der Waals surface area contributed by atoms with Crippen molar-refractivity contribution in [3.8, 4) is 11.1 Å². The Hall–Kier alpha value is -2.92. The molecule has 2 aromatic heterocycles. The van der Waals surface area contributed by atoms with Gasteiger partial charge in [0.1, 0.15) is 5.65 Å². The average Bonchev–Trinajstić information content (AvgIpc) is 3.05. The number of amides is 1. The molecule has 1 amide bonds. The first-order valence-electron chi connectivity index (χ1n) is 7.24. The van der Waals surface area contributed by atoms with Gasteiger partial charge in [0, 0.05) is 30.7 Å². The van der Waals surface area contributed by atoms with Crippen LogP contribution in [-0.4, -0.2) is 22.8 Å². The molecule has 1 aromatic carbocycles. The highest BCUT2D eigenvalue weighted by Gasteiger charge is 2.02. The number of pyridine rings is 1. The molecule has 5 heteroatoms. The second-order valence-electron chi connectivity index (χ2n) is 4.85. The van der Waals surface area contributed by atoms with Crippen molar-refractivity contribution in [3.63, 3.8) is 0 Å². The molecule has 0 unspecified atom stereocenters. The summed E-state index contributed by atoms with van der Waals surface area (Å²) in [6, 6.07) is 12.3. The number of rotatable bonds is 5. The first kappa shape index (κ1) is 16.5. The van der Waals surface area contributed by atoms with Crippen molar-refractivity contribution >= 4 is 12.1 Å². The fourth-order valence-corrected chi connectivity index (χ4v) is 2.29. The van der Waals surface area contributed by atoms with Gasteiger partial charge < -0.3 is 15.5 Å². The lowest BCUT2D eigenvalue weighted by molar-refractivity contribution is -0.108. The van der Waals surface area contributed by atoms with E-state index in [1.165, 1.54) is 7.05 Å². The summed E-state index contributed by atoms with van der Waals surface area (Å²) in [6.07, 6.45) is 7.00. The third kappa shape index (κ3) is 4.05. The Morgan fingerprint density at radius 2 is 1.96 bits per heavy atom. The first-order chi connectivity index (χ1) is 11.3. The van der Waals surface area contributed by atoms with Crippen LogP contribution in [-0.2, 0) is 11.2 Å². The third-order valence-electron chi connectivity index (χ3n) is 3.37. The molecule has 2 heterocycles. The van der Waals surface area contributed by atoms with Gasteiger partial charge in [0.05, 0.1) is 0 Å². The highest BCUT2D eigenvalue weighted by Crippen LogP contribution is 2.21. The number of aromatic nitrogens is 2. The van der Waals surface area contributed by atoms with Crippen LogP contribution in [0.15, 0.2) is 67.3 Å². The Morgan fingerprint density at radius 1 is 1.22 bits per heavy atom. The van der Waals surface area contributed by atoms with E-state index in [9.17, 15) is 4.79 Å². The first-order valence-corrected chi connectivity index (χ1v) is 7.24. The maximum Gasteiger partial charge on any atom is 0.211 e. The minimum atomic E-state index is 0.637. The predicted octanol–water partition coefficient (Wildman–Crippen LogP) is 2.38. The normalized spacial score (nSPS) is 9.83. The van der Waals surface area contributed by atoms with Gasteiger partial charge in [0.2, 0.25) is 6.41 Å². The molecule has 0 aliphatic heterocycles. The number of nitrogens with two attached hydrogens (primary N) is 1. The van der Waals surface area contributed by atoms with E-state index in [4.69, 9.17) is 0 Å². The second-order valence-corrected chi connectivity index (χ2v) is 4.85. The van der Waals surface area contributed by atoms with Gasteiger partial charge in [-0.1, -0.05) is 30.8 Å². The molecule has 0 fully saturated rings. The Balaban J connectivity index is 0.000000924. The van der Waals surface area contributed by atoms with Crippen LogP contribution >= 0.6 is 0 Å². The van der Waals surface area contributed by atoms with Crippen molar-refractivity contribution in [1.29, 1.82) is 0 Å². The van der Waals surface area contributed by atoms with Crippen LogP contribution in [0.3, 0.4) is 0 Å². The van der Waals surface area contributed by atoms with Crippen LogP contribution in [0.25, 0.3) is 16.8 Å². The highest BCUT2D eigenvalue weighted by atomic mass is 16.1. The number of imidazole rings is 1. The van der Waals surface area contributed by atoms with E-state index in [1.807, 2.05) is 28.9 Å². The van der Waals surface area contributed by atoms with Crippen LogP contribution < -0.4 is 11.1 Å². The zero-order valence-electron chi connectivity index (χ0n) is 13.1. The van der Waals surface area contributed by atoms with E-state index in [0.29, 0.717) is 18.5 Å². The van der Waals surface area contributed by atoms with Crippen molar-refractivity contribution in [2.24, 2.45) is 5.73 Å². The standard InChI is InChI=1S/C17H15N3O.CH5N/c1-13(19-12-21)10-14-2-4-15(5-3-14)16-6-8-20-9-7-18-17(20)11-16;1-2/h2-9,11-12H,1,10H2,(H,19,21);2H2,1H3. The van der Waals surface area contributed by atoms with Crippen molar-refractivity contribution < 1.29 is 4.79 Å². The number of nitrogens with one attached hydrogen (secondary N) is 1. The highest BCUT2D eigenvalue weighted by molar-refractivity contribution is 5.67. The minimum Gasteiger partial charge on any atom is -0.333 e. The summed E-state index contributed by atoms with van der Waals surface area (Å²) in [4.78, 5) is 14.6. The number of hydrogen-bond donors (Lipinski definition) is 2. The van der Waals surface area contributed by atoms with Gasteiger partial charge >= 0.3 is 0 Å². The molecule has 0 radical (unpaired) electrons. The molecule has 0 saturated carbocycles. The average molecular weight is 308 g/mol. The lowest BCUT2D eigenvalue weighted by Crippen LogP contribution is -2.10. The SMILES string of the molecule is C=C(Cc1ccc(-c2ccn3ccnc3c2)cc1)NC=O.CN. The van der Waals surface area contributed by atoms with Crippen molar-refractivity contribution in [2.45, 2.75) is 6.42 Å². The third-order valence-corrected chi connectivity index (χ3v) is 3.37. The molecule has 0 bridgehead atoms. The van der Waals surface area contributed by atoms with Crippen LogP contribution in [0.5, 0.6) is 0 Å². The maximum absolute atomic E-state index is 10.3. The molecule has 23 heavy (non-hydrogen) atoms. The topological polar surface area (TPSA) is 72.4 Å². The Bertz CT molecular complexity index is 790. The molecule has 0 spiro atoms. The molecule has 0 saturated heterocycles. The van der Waals surface area contributed by atoms with Crippen LogP contribution in [0.4, 0.5) is 0 Å². The van der Waals surface area contributed by atoms with Crippen molar-refractivity contribution in [1.82, 2.24) is 14.7 Å². The summed E-state index contributed by atoms with van der Waals surface area (Å²) in [7, 11) is 1.50. The monoisotopic (exact) mass is 308 g/mol. The maximum atomic E-state index is 10.3. The summed E-state index contributed by atoms with van der Waals surface area (Å²) in [5.74, 6) is 0. The summed E-state index contributed by atoms with van der Waals surface area (Å²) in [6.45, 7) is 3.80. The molecule has 3 rings (SSSR count). The minimum absolute atomic E-state index is 0.637. The summed E-state index contributed by atoms with van der Waals surface area (Å²) in [5.41, 5.74) is 9.50. The van der Waals surface area contributed by atoms with Gasteiger partial charge in [-0.25, -0.2) is 4.98 Å². The van der Waals surface area contributed by atoms with Gasteiger partial charge in [-0.3, -0.25) is 4.79 Å². The Kier molecular flexibility index (Phi) is 5.66. The molecular formula is C18H20N4O. The molecule has 0 aliphatic carbocycles. The number of carbonyl (C=O) groups is 1. The number of hydrogen-bond acceptors (Lipinski definition) is 3. The molecular weight excluding hydrogens is 288 g/mol. The molecule has 3 N–H and O–H groups in total. The van der Waals surface area contributed by atoms with E-state index in [1.54, 1.807) is 6.20 Å². The van der Waals surface area contributed by atoms with E-state index in [0.717, 1.165) is 22.3 Å². The second kappa shape index (κ2) is 7.91.